The lowest BCUT2D eigenvalue weighted by Gasteiger charge is -2.31. The number of hydrogen-bond donors (Lipinski definition) is 1. The largest absolute Gasteiger partial charge is 0.494 e. The van der Waals surface area contributed by atoms with E-state index in [0.29, 0.717) is 5.92 Å². The molecule has 0 aliphatic carbocycles. The fraction of sp³-hybridized carbons (Fsp3) is 0.391. The molecule has 28 heavy (non-hydrogen) atoms. The standard InChI is InChI=1S/C23H28N4O/c1-2-13-28-21-6-5-18-14-20(4-3-19(18)15-21)22-7-10-25-23(26-22)27-11-8-17(16-24)9-12-27/h3-7,10,14-15,17H,2,8-9,11-13,16,24H2,1H3. The van der Waals surface area contributed by atoms with E-state index in [1.165, 1.54) is 10.8 Å². The summed E-state index contributed by atoms with van der Waals surface area (Å²) in [4.78, 5) is 11.6. The van der Waals surface area contributed by atoms with Gasteiger partial charge in [-0.25, -0.2) is 9.97 Å². The van der Waals surface area contributed by atoms with Crippen LogP contribution in [0.5, 0.6) is 5.75 Å². The molecule has 0 bridgehead atoms. The monoisotopic (exact) mass is 376 g/mol. The van der Waals surface area contributed by atoms with Crippen molar-refractivity contribution >= 4 is 16.7 Å². The lowest BCUT2D eigenvalue weighted by atomic mass is 9.97. The maximum absolute atomic E-state index is 5.81. The van der Waals surface area contributed by atoms with Crippen LogP contribution in [0, 0.1) is 5.92 Å². The molecule has 1 aromatic heterocycles. The average Bonchev–Trinajstić information content (AvgIpc) is 2.77. The van der Waals surface area contributed by atoms with Gasteiger partial charge in [-0.15, -0.1) is 0 Å². The van der Waals surface area contributed by atoms with Crippen LogP contribution in [0.1, 0.15) is 26.2 Å². The van der Waals surface area contributed by atoms with Gasteiger partial charge in [0.1, 0.15) is 5.75 Å². The molecule has 1 saturated heterocycles. The van der Waals surface area contributed by atoms with E-state index in [1.54, 1.807) is 0 Å². The Morgan fingerprint density at radius 1 is 1.07 bits per heavy atom. The van der Waals surface area contributed by atoms with Crippen molar-refractivity contribution in [1.82, 2.24) is 9.97 Å². The van der Waals surface area contributed by atoms with Crippen LogP contribution in [0.15, 0.2) is 48.7 Å². The molecule has 146 valence electrons. The van der Waals surface area contributed by atoms with Gasteiger partial charge >= 0.3 is 0 Å². The number of piperidine rings is 1. The van der Waals surface area contributed by atoms with E-state index in [4.69, 9.17) is 15.5 Å². The third kappa shape index (κ3) is 4.09. The second-order valence-electron chi connectivity index (χ2n) is 7.48. The lowest BCUT2D eigenvalue weighted by Crippen LogP contribution is -2.37. The molecule has 2 aromatic carbocycles. The Kier molecular flexibility index (Phi) is 5.72. The van der Waals surface area contributed by atoms with Crippen molar-refractivity contribution in [3.05, 3.63) is 48.7 Å². The summed E-state index contributed by atoms with van der Waals surface area (Å²) in [5.41, 5.74) is 7.87. The van der Waals surface area contributed by atoms with Gasteiger partial charge < -0.3 is 15.4 Å². The molecule has 0 unspecified atom stereocenters. The average molecular weight is 377 g/mol. The summed E-state index contributed by atoms with van der Waals surface area (Å²) in [5.74, 6) is 2.37. The third-order valence-electron chi connectivity index (χ3n) is 5.45. The van der Waals surface area contributed by atoms with Crippen molar-refractivity contribution in [2.75, 3.05) is 31.1 Å². The number of benzene rings is 2. The zero-order valence-electron chi connectivity index (χ0n) is 16.5. The Morgan fingerprint density at radius 3 is 2.64 bits per heavy atom. The van der Waals surface area contributed by atoms with Gasteiger partial charge in [0.25, 0.3) is 0 Å². The minimum atomic E-state index is 0.631. The Balaban J connectivity index is 1.56. The van der Waals surface area contributed by atoms with E-state index in [9.17, 15) is 0 Å². The fourth-order valence-corrected chi connectivity index (χ4v) is 3.72. The number of rotatable bonds is 6. The Labute approximate surface area is 166 Å². The van der Waals surface area contributed by atoms with Crippen molar-refractivity contribution in [1.29, 1.82) is 0 Å². The van der Waals surface area contributed by atoms with E-state index in [0.717, 1.165) is 68.5 Å². The van der Waals surface area contributed by atoms with Crippen molar-refractivity contribution < 1.29 is 4.74 Å². The first-order chi connectivity index (χ1) is 13.8. The number of fused-ring (bicyclic) bond motifs is 1. The minimum Gasteiger partial charge on any atom is -0.494 e. The first kappa shape index (κ1) is 18.7. The molecule has 4 rings (SSSR count). The maximum atomic E-state index is 5.81. The summed E-state index contributed by atoms with van der Waals surface area (Å²) < 4.78 is 5.74. The number of ether oxygens (including phenoxy) is 1. The van der Waals surface area contributed by atoms with Gasteiger partial charge in [0, 0.05) is 24.8 Å². The fourth-order valence-electron chi connectivity index (χ4n) is 3.72. The van der Waals surface area contributed by atoms with Crippen LogP contribution in [0.2, 0.25) is 0 Å². The molecule has 3 aromatic rings. The highest BCUT2D eigenvalue weighted by Crippen LogP contribution is 2.27. The number of nitrogens with zero attached hydrogens (tertiary/aromatic N) is 3. The molecule has 0 saturated carbocycles. The number of nitrogens with two attached hydrogens (primary N) is 1. The molecule has 1 aliphatic heterocycles. The van der Waals surface area contributed by atoms with Gasteiger partial charge in [0.2, 0.25) is 5.95 Å². The highest BCUT2D eigenvalue weighted by molar-refractivity contribution is 5.88. The second-order valence-corrected chi connectivity index (χ2v) is 7.48. The van der Waals surface area contributed by atoms with Crippen LogP contribution >= 0.6 is 0 Å². The zero-order valence-corrected chi connectivity index (χ0v) is 16.5. The van der Waals surface area contributed by atoms with E-state index in [1.807, 2.05) is 18.3 Å². The van der Waals surface area contributed by atoms with E-state index in [2.05, 4.69) is 47.1 Å². The first-order valence-corrected chi connectivity index (χ1v) is 10.2. The van der Waals surface area contributed by atoms with Crippen molar-refractivity contribution in [3.63, 3.8) is 0 Å². The predicted molar refractivity (Wildman–Crippen MR) is 115 cm³/mol. The molecule has 0 atom stereocenters. The van der Waals surface area contributed by atoms with Crippen molar-refractivity contribution in [3.8, 4) is 17.0 Å². The van der Waals surface area contributed by atoms with Crippen LogP contribution in [-0.4, -0.2) is 36.2 Å². The number of anilines is 1. The minimum absolute atomic E-state index is 0.631. The topological polar surface area (TPSA) is 64.3 Å². The molecule has 0 amide bonds. The highest BCUT2D eigenvalue weighted by atomic mass is 16.5. The van der Waals surface area contributed by atoms with E-state index < -0.39 is 0 Å². The van der Waals surface area contributed by atoms with Gasteiger partial charge in [-0.05, 0) is 66.8 Å². The quantitative estimate of drug-likeness (QED) is 0.696. The predicted octanol–water partition coefficient (Wildman–Crippen LogP) is 4.26. The van der Waals surface area contributed by atoms with Crippen LogP contribution in [0.3, 0.4) is 0 Å². The van der Waals surface area contributed by atoms with Crippen molar-refractivity contribution in [2.45, 2.75) is 26.2 Å². The Bertz CT molecular complexity index is 935. The molecular weight excluding hydrogens is 348 g/mol. The maximum Gasteiger partial charge on any atom is 0.225 e. The SMILES string of the molecule is CCCOc1ccc2cc(-c3ccnc(N4CCC(CN)CC4)n3)ccc2c1. The van der Waals surface area contributed by atoms with Crippen LogP contribution < -0.4 is 15.4 Å². The third-order valence-corrected chi connectivity index (χ3v) is 5.45. The Morgan fingerprint density at radius 2 is 1.86 bits per heavy atom. The van der Waals surface area contributed by atoms with Crippen LogP contribution in [-0.2, 0) is 0 Å². The summed E-state index contributed by atoms with van der Waals surface area (Å²) in [6.07, 6.45) is 5.10. The number of aromatic nitrogens is 2. The lowest BCUT2D eigenvalue weighted by molar-refractivity contribution is 0.318. The smallest absolute Gasteiger partial charge is 0.225 e. The molecular formula is C23H28N4O. The molecule has 5 heteroatoms. The van der Waals surface area contributed by atoms with Gasteiger partial charge in [-0.1, -0.05) is 25.1 Å². The van der Waals surface area contributed by atoms with Crippen LogP contribution in [0.4, 0.5) is 5.95 Å². The van der Waals surface area contributed by atoms with E-state index in [-0.39, 0.29) is 0 Å². The zero-order chi connectivity index (χ0) is 19.3. The summed E-state index contributed by atoms with van der Waals surface area (Å²) in [7, 11) is 0. The molecule has 5 nitrogen and oxygen atoms in total. The van der Waals surface area contributed by atoms with Gasteiger partial charge in [-0.3, -0.25) is 0 Å². The summed E-state index contributed by atoms with van der Waals surface area (Å²) in [6.45, 7) is 5.59. The molecule has 1 aliphatic rings. The summed E-state index contributed by atoms with van der Waals surface area (Å²) in [6, 6.07) is 14.7. The Hall–Kier alpha value is -2.66. The van der Waals surface area contributed by atoms with Gasteiger partial charge in [-0.2, -0.15) is 0 Å². The normalized spacial score (nSPS) is 15.1. The molecule has 0 spiro atoms. The highest BCUT2D eigenvalue weighted by Gasteiger charge is 2.20. The second kappa shape index (κ2) is 8.57. The molecule has 2 heterocycles. The van der Waals surface area contributed by atoms with Crippen molar-refractivity contribution in [2.24, 2.45) is 11.7 Å². The number of hydrogen-bond acceptors (Lipinski definition) is 5. The molecule has 2 N–H and O–H groups in total. The molecule has 0 radical (unpaired) electrons. The van der Waals surface area contributed by atoms with Gasteiger partial charge in [0.15, 0.2) is 0 Å². The first-order valence-electron chi connectivity index (χ1n) is 10.2. The summed E-state index contributed by atoms with van der Waals surface area (Å²) >= 11 is 0. The van der Waals surface area contributed by atoms with E-state index >= 15 is 0 Å². The molecule has 1 fully saturated rings. The van der Waals surface area contributed by atoms with Crippen LogP contribution in [0.25, 0.3) is 22.0 Å². The summed E-state index contributed by atoms with van der Waals surface area (Å²) in [5, 5.41) is 2.36. The van der Waals surface area contributed by atoms with Gasteiger partial charge in [0.05, 0.1) is 12.3 Å².